The van der Waals surface area contributed by atoms with E-state index < -0.39 is 22.0 Å². The van der Waals surface area contributed by atoms with Crippen molar-refractivity contribution in [2.45, 2.75) is 70.3 Å². The topological polar surface area (TPSA) is 58.2 Å². The highest BCUT2D eigenvalue weighted by Gasteiger charge is 2.19. The number of hydrogen-bond donors (Lipinski definition) is 2. The molecular weight excluding hydrogens is 280 g/mol. The van der Waals surface area contributed by atoms with E-state index in [2.05, 4.69) is 9.44 Å². The van der Waals surface area contributed by atoms with Gasteiger partial charge in [0.25, 0.3) is 0 Å². The Bertz CT molecular complexity index is 277. The second-order valence-corrected chi connectivity index (χ2v) is 10.7. The van der Waals surface area contributed by atoms with E-state index in [4.69, 9.17) is 0 Å². The molecule has 0 heterocycles. The molecule has 6 heteroatoms. The van der Waals surface area contributed by atoms with Gasteiger partial charge in [0.15, 0.2) is 0 Å². The van der Waals surface area contributed by atoms with E-state index in [0.29, 0.717) is 0 Å². The van der Waals surface area contributed by atoms with Crippen LogP contribution in [0, 0.1) is 0 Å². The highest BCUT2D eigenvalue weighted by Crippen LogP contribution is 2.09. The second-order valence-electron chi connectivity index (χ2n) is 6.61. The van der Waals surface area contributed by atoms with Crippen molar-refractivity contribution < 1.29 is 8.42 Å². The summed E-state index contributed by atoms with van der Waals surface area (Å²) in [7, 11) is -1.96. The average Bonchev–Trinajstić information content (AvgIpc) is 2.24. The number of unbranched alkanes of at least 4 members (excludes halogenated alkanes) is 2. The SMILES string of the molecule is CC(C)(C)S(=O)NCCCCCN[S@](=O)C(C)(C)C. The summed E-state index contributed by atoms with van der Waals surface area (Å²) < 4.78 is 29.1. The first-order chi connectivity index (χ1) is 8.55. The summed E-state index contributed by atoms with van der Waals surface area (Å²) in [6, 6.07) is 0. The zero-order valence-electron chi connectivity index (χ0n) is 13.2. The van der Waals surface area contributed by atoms with Gasteiger partial charge in [-0.3, -0.25) is 0 Å². The highest BCUT2D eigenvalue weighted by molar-refractivity contribution is 7.84. The average molecular weight is 311 g/mol. The number of nitrogens with one attached hydrogen (secondary N) is 2. The van der Waals surface area contributed by atoms with Crippen molar-refractivity contribution in [2.24, 2.45) is 0 Å². The van der Waals surface area contributed by atoms with Gasteiger partial charge < -0.3 is 0 Å². The predicted molar refractivity (Wildman–Crippen MR) is 85.6 cm³/mol. The lowest BCUT2D eigenvalue weighted by Crippen LogP contribution is -2.34. The highest BCUT2D eigenvalue weighted by atomic mass is 32.2. The molecule has 0 bridgehead atoms. The van der Waals surface area contributed by atoms with Crippen LogP contribution in [-0.4, -0.2) is 31.0 Å². The molecule has 0 aromatic carbocycles. The van der Waals surface area contributed by atoms with Crippen molar-refractivity contribution >= 4 is 22.0 Å². The summed E-state index contributed by atoms with van der Waals surface area (Å²) in [5.74, 6) is 0. The second kappa shape index (κ2) is 8.49. The first-order valence-corrected chi connectivity index (χ1v) is 9.16. The van der Waals surface area contributed by atoms with Crippen LogP contribution in [0.5, 0.6) is 0 Å². The molecule has 19 heavy (non-hydrogen) atoms. The zero-order valence-corrected chi connectivity index (χ0v) is 14.8. The molecule has 2 N–H and O–H groups in total. The van der Waals surface area contributed by atoms with Gasteiger partial charge in [-0.2, -0.15) is 0 Å². The smallest absolute Gasteiger partial charge is 0.0970 e. The molecule has 0 aliphatic carbocycles. The molecule has 0 aromatic rings. The van der Waals surface area contributed by atoms with Gasteiger partial charge in [-0.25, -0.2) is 17.9 Å². The molecule has 1 unspecified atom stereocenters. The van der Waals surface area contributed by atoms with Crippen molar-refractivity contribution in [2.75, 3.05) is 13.1 Å². The molecule has 0 saturated carbocycles. The third-order valence-electron chi connectivity index (χ3n) is 2.43. The Labute approximate surface area is 123 Å². The maximum atomic E-state index is 11.7. The minimum atomic E-state index is -0.978. The van der Waals surface area contributed by atoms with Crippen LogP contribution in [0.3, 0.4) is 0 Å². The Balaban J connectivity index is 3.53. The molecule has 0 aromatic heterocycles. The minimum Gasteiger partial charge on any atom is -0.242 e. The normalized spacial score (nSPS) is 16.3. The van der Waals surface area contributed by atoms with E-state index in [1.165, 1.54) is 0 Å². The summed E-state index contributed by atoms with van der Waals surface area (Å²) >= 11 is 0. The Morgan fingerprint density at radius 3 is 1.26 bits per heavy atom. The quantitative estimate of drug-likeness (QED) is 0.676. The van der Waals surface area contributed by atoms with Gasteiger partial charge in [-0.05, 0) is 54.4 Å². The van der Waals surface area contributed by atoms with Gasteiger partial charge in [-0.1, -0.05) is 6.42 Å². The molecule has 0 saturated heterocycles. The van der Waals surface area contributed by atoms with Crippen molar-refractivity contribution in [1.82, 2.24) is 9.44 Å². The third-order valence-corrected chi connectivity index (χ3v) is 5.59. The van der Waals surface area contributed by atoms with Crippen LogP contribution in [-0.2, 0) is 22.0 Å². The molecular formula is C13H30N2O2S2. The van der Waals surface area contributed by atoms with Crippen LogP contribution < -0.4 is 9.44 Å². The molecule has 116 valence electrons. The minimum absolute atomic E-state index is 0.203. The van der Waals surface area contributed by atoms with Crippen LogP contribution in [0.4, 0.5) is 0 Å². The van der Waals surface area contributed by atoms with E-state index in [1.54, 1.807) is 0 Å². The van der Waals surface area contributed by atoms with E-state index in [9.17, 15) is 8.42 Å². The van der Waals surface area contributed by atoms with Gasteiger partial charge in [0.05, 0.1) is 31.5 Å². The summed E-state index contributed by atoms with van der Waals surface area (Å²) in [5, 5.41) is 0. The molecule has 2 atom stereocenters. The van der Waals surface area contributed by atoms with Crippen LogP contribution in [0.1, 0.15) is 60.8 Å². The monoisotopic (exact) mass is 310 g/mol. The van der Waals surface area contributed by atoms with E-state index in [0.717, 1.165) is 32.4 Å². The van der Waals surface area contributed by atoms with Crippen molar-refractivity contribution in [1.29, 1.82) is 0 Å². The van der Waals surface area contributed by atoms with E-state index >= 15 is 0 Å². The largest absolute Gasteiger partial charge is 0.242 e. The summed E-state index contributed by atoms with van der Waals surface area (Å²) in [4.78, 5) is 0. The van der Waals surface area contributed by atoms with Crippen LogP contribution in [0.15, 0.2) is 0 Å². The standard InChI is InChI=1S/C13H30N2O2S2/c1-12(2,3)18(16)14-10-8-7-9-11-15-19(17)13(4,5)6/h14-15H,7-11H2,1-6H3/t18-,19?/m1/s1. The Morgan fingerprint density at radius 2 is 1.00 bits per heavy atom. The molecule has 0 radical (unpaired) electrons. The summed E-state index contributed by atoms with van der Waals surface area (Å²) in [5.41, 5.74) is 0. The zero-order chi connectivity index (χ0) is 15.1. The summed E-state index contributed by atoms with van der Waals surface area (Å²) in [6.45, 7) is 13.3. The third kappa shape index (κ3) is 9.71. The van der Waals surface area contributed by atoms with Crippen LogP contribution in [0.2, 0.25) is 0 Å². The Morgan fingerprint density at radius 1 is 0.684 bits per heavy atom. The van der Waals surface area contributed by atoms with Gasteiger partial charge in [-0.15, -0.1) is 0 Å². The van der Waals surface area contributed by atoms with E-state index in [1.807, 2.05) is 41.5 Å². The molecule has 4 nitrogen and oxygen atoms in total. The maximum absolute atomic E-state index is 11.7. The molecule has 0 aliphatic heterocycles. The summed E-state index contributed by atoms with van der Waals surface area (Å²) in [6.07, 6.45) is 3.03. The van der Waals surface area contributed by atoms with Crippen LogP contribution in [0.25, 0.3) is 0 Å². The van der Waals surface area contributed by atoms with Gasteiger partial charge in [0, 0.05) is 13.1 Å². The Hall–Kier alpha value is 0.220. The fourth-order valence-corrected chi connectivity index (χ4v) is 2.72. The van der Waals surface area contributed by atoms with Gasteiger partial charge in [0.2, 0.25) is 0 Å². The lowest BCUT2D eigenvalue weighted by atomic mass is 10.2. The molecule has 0 amide bonds. The lowest BCUT2D eigenvalue weighted by Gasteiger charge is -2.18. The number of rotatable bonds is 8. The molecule has 0 aliphatic rings. The van der Waals surface area contributed by atoms with Crippen LogP contribution >= 0.6 is 0 Å². The van der Waals surface area contributed by atoms with Crippen molar-refractivity contribution in [3.05, 3.63) is 0 Å². The fourth-order valence-electron chi connectivity index (χ4n) is 1.19. The van der Waals surface area contributed by atoms with Crippen molar-refractivity contribution in [3.8, 4) is 0 Å². The first kappa shape index (κ1) is 19.2. The van der Waals surface area contributed by atoms with Crippen molar-refractivity contribution in [3.63, 3.8) is 0 Å². The lowest BCUT2D eigenvalue weighted by molar-refractivity contribution is 0.609. The maximum Gasteiger partial charge on any atom is 0.0970 e. The number of hydrogen-bond acceptors (Lipinski definition) is 2. The molecule has 0 spiro atoms. The Kier molecular flexibility index (Phi) is 8.59. The van der Waals surface area contributed by atoms with Gasteiger partial charge in [0.1, 0.15) is 0 Å². The molecule has 0 rings (SSSR count). The van der Waals surface area contributed by atoms with E-state index in [-0.39, 0.29) is 9.49 Å². The first-order valence-electron chi connectivity index (χ1n) is 6.86. The van der Waals surface area contributed by atoms with Gasteiger partial charge >= 0.3 is 0 Å². The molecule has 0 fully saturated rings. The predicted octanol–water partition coefficient (Wildman–Crippen LogP) is 2.26. The fraction of sp³-hybridized carbons (Fsp3) is 1.00.